The lowest BCUT2D eigenvalue weighted by Gasteiger charge is -2.17. The van der Waals surface area contributed by atoms with E-state index in [1.807, 2.05) is 48.5 Å². The normalized spacial score (nSPS) is 10.8. The van der Waals surface area contributed by atoms with E-state index in [-0.39, 0.29) is 5.78 Å². The summed E-state index contributed by atoms with van der Waals surface area (Å²) in [6.45, 7) is 1.66. The second-order valence-electron chi connectivity index (χ2n) is 6.18. The summed E-state index contributed by atoms with van der Waals surface area (Å²) in [5.41, 5.74) is 4.93. The number of hydrogen-bond acceptors (Lipinski definition) is 1. The summed E-state index contributed by atoms with van der Waals surface area (Å²) in [6.07, 6.45) is 0. The Balaban J connectivity index is 2.17. The van der Waals surface area contributed by atoms with E-state index >= 15 is 0 Å². The molecular formula is C24H18O. The molecule has 0 fully saturated rings. The summed E-state index contributed by atoms with van der Waals surface area (Å²) >= 11 is 0. The second-order valence-corrected chi connectivity index (χ2v) is 6.18. The first-order valence-electron chi connectivity index (χ1n) is 8.43. The van der Waals surface area contributed by atoms with Crippen LogP contribution in [0.4, 0.5) is 0 Å². The first kappa shape index (κ1) is 15.3. The summed E-state index contributed by atoms with van der Waals surface area (Å²) in [5, 5.41) is 2.25. The standard InChI is InChI=1S/C24H18O/c1-17(25)23-22(18-10-4-2-5-11-18)16-20-14-8-9-15-21(20)24(23)19-12-6-3-7-13-19/h2-16H,1H3. The molecule has 120 valence electrons. The number of carbonyl (C=O) groups excluding carboxylic acids is 1. The topological polar surface area (TPSA) is 17.1 Å². The molecule has 1 nitrogen and oxygen atoms in total. The Labute approximate surface area is 147 Å². The van der Waals surface area contributed by atoms with Gasteiger partial charge in [0, 0.05) is 11.1 Å². The third-order valence-corrected chi connectivity index (χ3v) is 4.55. The zero-order valence-electron chi connectivity index (χ0n) is 14.1. The van der Waals surface area contributed by atoms with Crippen LogP contribution in [-0.4, -0.2) is 5.78 Å². The molecule has 0 spiro atoms. The van der Waals surface area contributed by atoms with Crippen molar-refractivity contribution in [3.63, 3.8) is 0 Å². The van der Waals surface area contributed by atoms with Gasteiger partial charge in [0.15, 0.2) is 5.78 Å². The van der Waals surface area contributed by atoms with E-state index in [9.17, 15) is 4.79 Å². The Morgan fingerprint density at radius 3 is 1.88 bits per heavy atom. The molecule has 0 N–H and O–H groups in total. The van der Waals surface area contributed by atoms with E-state index in [4.69, 9.17) is 0 Å². The molecule has 4 aromatic carbocycles. The van der Waals surface area contributed by atoms with Crippen LogP contribution in [0.25, 0.3) is 33.0 Å². The van der Waals surface area contributed by atoms with Gasteiger partial charge in [-0.1, -0.05) is 84.9 Å². The average molecular weight is 322 g/mol. The highest BCUT2D eigenvalue weighted by molar-refractivity contribution is 6.15. The predicted molar refractivity (Wildman–Crippen MR) is 105 cm³/mol. The lowest BCUT2D eigenvalue weighted by atomic mass is 9.85. The van der Waals surface area contributed by atoms with Crippen LogP contribution in [0.1, 0.15) is 17.3 Å². The van der Waals surface area contributed by atoms with Gasteiger partial charge in [0.2, 0.25) is 0 Å². The average Bonchev–Trinajstić information content (AvgIpc) is 2.67. The highest BCUT2D eigenvalue weighted by Gasteiger charge is 2.19. The number of benzene rings is 4. The number of rotatable bonds is 3. The Bertz CT molecular complexity index is 1050. The number of hydrogen-bond donors (Lipinski definition) is 0. The molecule has 0 aromatic heterocycles. The number of ketones is 1. The molecule has 0 heterocycles. The first-order chi connectivity index (χ1) is 12.3. The fourth-order valence-corrected chi connectivity index (χ4v) is 3.46. The molecule has 0 aliphatic rings. The van der Waals surface area contributed by atoms with E-state index in [2.05, 4.69) is 42.5 Å². The lowest BCUT2D eigenvalue weighted by molar-refractivity contribution is 0.101. The van der Waals surface area contributed by atoms with Crippen molar-refractivity contribution in [3.8, 4) is 22.3 Å². The van der Waals surface area contributed by atoms with Gasteiger partial charge in [-0.25, -0.2) is 0 Å². The van der Waals surface area contributed by atoms with Crippen molar-refractivity contribution in [2.45, 2.75) is 6.92 Å². The SMILES string of the molecule is CC(=O)c1c(-c2ccccc2)cc2ccccc2c1-c1ccccc1. The van der Waals surface area contributed by atoms with Gasteiger partial charge >= 0.3 is 0 Å². The summed E-state index contributed by atoms with van der Waals surface area (Å²) < 4.78 is 0. The van der Waals surface area contributed by atoms with Gasteiger partial charge in [0.25, 0.3) is 0 Å². The van der Waals surface area contributed by atoms with Crippen LogP contribution in [0.3, 0.4) is 0 Å². The molecule has 0 atom stereocenters. The Morgan fingerprint density at radius 1 is 0.680 bits per heavy atom. The maximum Gasteiger partial charge on any atom is 0.161 e. The quantitative estimate of drug-likeness (QED) is 0.400. The summed E-state index contributed by atoms with van der Waals surface area (Å²) in [7, 11) is 0. The Hall–Kier alpha value is -3.19. The number of fused-ring (bicyclic) bond motifs is 1. The molecule has 0 saturated carbocycles. The minimum atomic E-state index is 0.0865. The smallest absolute Gasteiger partial charge is 0.161 e. The third-order valence-electron chi connectivity index (χ3n) is 4.55. The van der Waals surface area contributed by atoms with Gasteiger partial charge in [-0.15, -0.1) is 0 Å². The van der Waals surface area contributed by atoms with Gasteiger partial charge in [-0.05, 0) is 40.5 Å². The molecule has 25 heavy (non-hydrogen) atoms. The van der Waals surface area contributed by atoms with E-state index in [1.165, 1.54) is 0 Å². The molecule has 4 rings (SSSR count). The molecule has 0 radical (unpaired) electrons. The first-order valence-corrected chi connectivity index (χ1v) is 8.43. The molecule has 0 aliphatic heterocycles. The van der Waals surface area contributed by atoms with Crippen molar-refractivity contribution >= 4 is 16.6 Å². The van der Waals surface area contributed by atoms with E-state index < -0.39 is 0 Å². The van der Waals surface area contributed by atoms with E-state index in [0.717, 1.165) is 38.6 Å². The van der Waals surface area contributed by atoms with E-state index in [1.54, 1.807) is 6.92 Å². The van der Waals surface area contributed by atoms with Crippen molar-refractivity contribution in [3.05, 3.63) is 96.6 Å². The highest BCUT2D eigenvalue weighted by Crippen LogP contribution is 2.39. The number of Topliss-reactive ketones (excluding diaryl/α,β-unsaturated/α-hetero) is 1. The van der Waals surface area contributed by atoms with Gasteiger partial charge in [0.1, 0.15) is 0 Å². The van der Waals surface area contributed by atoms with Crippen LogP contribution < -0.4 is 0 Å². The molecule has 0 saturated heterocycles. The highest BCUT2D eigenvalue weighted by atomic mass is 16.1. The molecular weight excluding hydrogens is 304 g/mol. The minimum absolute atomic E-state index is 0.0865. The van der Waals surface area contributed by atoms with Crippen molar-refractivity contribution in [1.82, 2.24) is 0 Å². The fraction of sp³-hybridized carbons (Fsp3) is 0.0417. The maximum absolute atomic E-state index is 12.7. The summed E-state index contributed by atoms with van der Waals surface area (Å²) in [4.78, 5) is 12.7. The molecule has 1 heteroatoms. The van der Waals surface area contributed by atoms with Gasteiger partial charge in [-0.2, -0.15) is 0 Å². The Morgan fingerprint density at radius 2 is 1.24 bits per heavy atom. The molecule has 0 bridgehead atoms. The van der Waals surface area contributed by atoms with Crippen LogP contribution >= 0.6 is 0 Å². The molecule has 0 amide bonds. The second kappa shape index (κ2) is 6.37. The zero-order chi connectivity index (χ0) is 17.2. The largest absolute Gasteiger partial charge is 0.294 e. The van der Waals surface area contributed by atoms with Crippen molar-refractivity contribution in [1.29, 1.82) is 0 Å². The van der Waals surface area contributed by atoms with Gasteiger partial charge < -0.3 is 0 Å². The van der Waals surface area contributed by atoms with Crippen LogP contribution in [-0.2, 0) is 0 Å². The Kier molecular flexibility index (Phi) is 3.91. The predicted octanol–water partition coefficient (Wildman–Crippen LogP) is 6.38. The zero-order valence-corrected chi connectivity index (χ0v) is 14.1. The molecule has 0 aliphatic carbocycles. The monoisotopic (exact) mass is 322 g/mol. The summed E-state index contributed by atoms with van der Waals surface area (Å²) in [6, 6.07) is 30.7. The van der Waals surface area contributed by atoms with Crippen LogP contribution in [0.15, 0.2) is 91.0 Å². The van der Waals surface area contributed by atoms with Crippen LogP contribution in [0.2, 0.25) is 0 Å². The molecule has 4 aromatic rings. The lowest BCUT2D eigenvalue weighted by Crippen LogP contribution is -2.01. The number of carbonyl (C=O) groups is 1. The molecule has 0 unspecified atom stereocenters. The maximum atomic E-state index is 12.7. The van der Waals surface area contributed by atoms with Crippen LogP contribution in [0, 0.1) is 0 Å². The van der Waals surface area contributed by atoms with Crippen LogP contribution in [0.5, 0.6) is 0 Å². The van der Waals surface area contributed by atoms with Gasteiger partial charge in [0.05, 0.1) is 0 Å². The third kappa shape index (κ3) is 2.74. The van der Waals surface area contributed by atoms with Crippen molar-refractivity contribution < 1.29 is 4.79 Å². The minimum Gasteiger partial charge on any atom is -0.294 e. The van der Waals surface area contributed by atoms with Crippen molar-refractivity contribution in [2.75, 3.05) is 0 Å². The van der Waals surface area contributed by atoms with Crippen molar-refractivity contribution in [2.24, 2.45) is 0 Å². The fourth-order valence-electron chi connectivity index (χ4n) is 3.46. The van der Waals surface area contributed by atoms with E-state index in [0.29, 0.717) is 0 Å². The summed E-state index contributed by atoms with van der Waals surface area (Å²) in [5.74, 6) is 0.0865. The van der Waals surface area contributed by atoms with Gasteiger partial charge in [-0.3, -0.25) is 4.79 Å².